The number of ether oxygens (including phenoxy) is 1. The van der Waals surface area contributed by atoms with Crippen molar-refractivity contribution in [3.63, 3.8) is 0 Å². The SMILES string of the molecule is OCCc1cc(CC2(NCc3ccccc3Cl)COC2)no1. The zero-order valence-corrected chi connectivity index (χ0v) is 13.0. The van der Waals surface area contributed by atoms with Crippen molar-refractivity contribution in [1.82, 2.24) is 10.5 Å². The highest BCUT2D eigenvalue weighted by Gasteiger charge is 2.39. The maximum Gasteiger partial charge on any atom is 0.139 e. The summed E-state index contributed by atoms with van der Waals surface area (Å²) in [6.45, 7) is 2.03. The molecule has 1 aliphatic heterocycles. The zero-order chi connectivity index (χ0) is 15.4. The van der Waals surface area contributed by atoms with E-state index in [2.05, 4.69) is 10.5 Å². The summed E-state index contributed by atoms with van der Waals surface area (Å²) in [5.74, 6) is 0.707. The van der Waals surface area contributed by atoms with E-state index in [1.165, 1.54) is 0 Å². The largest absolute Gasteiger partial charge is 0.396 e. The zero-order valence-electron chi connectivity index (χ0n) is 12.2. The van der Waals surface area contributed by atoms with E-state index in [1.54, 1.807) is 0 Å². The number of aliphatic hydroxyl groups excluding tert-OH is 1. The van der Waals surface area contributed by atoms with Gasteiger partial charge in [0.05, 0.1) is 31.1 Å². The van der Waals surface area contributed by atoms with Gasteiger partial charge in [0.1, 0.15) is 5.76 Å². The van der Waals surface area contributed by atoms with E-state index in [0.717, 1.165) is 22.7 Å². The van der Waals surface area contributed by atoms with Crippen molar-refractivity contribution >= 4 is 11.6 Å². The minimum absolute atomic E-state index is 0.0631. The van der Waals surface area contributed by atoms with Crippen LogP contribution in [0.1, 0.15) is 17.0 Å². The van der Waals surface area contributed by atoms with Crippen LogP contribution in [-0.2, 0) is 24.1 Å². The Morgan fingerprint density at radius 1 is 1.32 bits per heavy atom. The lowest BCUT2D eigenvalue weighted by Crippen LogP contribution is -2.61. The molecule has 0 aliphatic carbocycles. The van der Waals surface area contributed by atoms with Crippen LogP contribution >= 0.6 is 11.6 Å². The van der Waals surface area contributed by atoms with Crippen LogP contribution in [0.3, 0.4) is 0 Å². The van der Waals surface area contributed by atoms with Gasteiger partial charge in [0.25, 0.3) is 0 Å². The third-order valence-corrected chi connectivity index (χ3v) is 4.22. The van der Waals surface area contributed by atoms with Crippen LogP contribution in [0, 0.1) is 0 Å². The molecule has 0 atom stereocenters. The Morgan fingerprint density at radius 2 is 2.14 bits per heavy atom. The molecule has 0 unspecified atom stereocenters. The molecule has 1 fully saturated rings. The van der Waals surface area contributed by atoms with Crippen molar-refractivity contribution in [2.24, 2.45) is 0 Å². The summed E-state index contributed by atoms with van der Waals surface area (Å²) in [5, 5.41) is 17.3. The second-order valence-electron chi connectivity index (χ2n) is 5.65. The smallest absolute Gasteiger partial charge is 0.139 e. The second kappa shape index (κ2) is 6.79. The Morgan fingerprint density at radius 3 is 2.82 bits per heavy atom. The molecule has 1 aliphatic rings. The van der Waals surface area contributed by atoms with Gasteiger partial charge in [-0.25, -0.2) is 0 Å². The van der Waals surface area contributed by atoms with Crippen LogP contribution < -0.4 is 5.32 Å². The Balaban J connectivity index is 1.63. The molecule has 22 heavy (non-hydrogen) atoms. The molecule has 118 valence electrons. The molecule has 3 rings (SSSR count). The molecule has 1 aromatic heterocycles. The molecule has 0 amide bonds. The van der Waals surface area contributed by atoms with Gasteiger partial charge in [-0.1, -0.05) is 35.0 Å². The van der Waals surface area contributed by atoms with Crippen LogP contribution in [0.2, 0.25) is 5.02 Å². The maximum absolute atomic E-state index is 8.92. The standard InChI is InChI=1S/C16H19ClN2O3/c17-15-4-2-1-3-12(15)9-18-16(10-21-11-16)8-13-7-14(5-6-20)22-19-13/h1-4,7,18,20H,5-6,8-11H2. The molecule has 0 radical (unpaired) electrons. The van der Waals surface area contributed by atoms with Crippen molar-refractivity contribution in [2.75, 3.05) is 19.8 Å². The van der Waals surface area contributed by atoms with Crippen molar-refractivity contribution in [3.8, 4) is 0 Å². The van der Waals surface area contributed by atoms with E-state index in [0.29, 0.717) is 31.9 Å². The first-order chi connectivity index (χ1) is 10.7. The number of rotatable bonds is 7. The van der Waals surface area contributed by atoms with E-state index in [9.17, 15) is 0 Å². The van der Waals surface area contributed by atoms with Gasteiger partial charge in [0.15, 0.2) is 0 Å². The summed E-state index contributed by atoms with van der Waals surface area (Å²) < 4.78 is 10.6. The van der Waals surface area contributed by atoms with Crippen LogP contribution in [0.5, 0.6) is 0 Å². The average Bonchev–Trinajstić information content (AvgIpc) is 2.91. The molecule has 2 N–H and O–H groups in total. The van der Waals surface area contributed by atoms with Gasteiger partial charge in [-0.2, -0.15) is 0 Å². The molecule has 0 bridgehead atoms. The molecule has 0 saturated carbocycles. The number of nitrogens with zero attached hydrogens (tertiary/aromatic N) is 1. The van der Waals surface area contributed by atoms with Gasteiger partial charge in [-0.3, -0.25) is 0 Å². The predicted octanol–water partition coefficient (Wildman–Crippen LogP) is 1.96. The van der Waals surface area contributed by atoms with Crippen LogP contribution in [0.25, 0.3) is 0 Å². The third kappa shape index (κ3) is 3.50. The lowest BCUT2D eigenvalue weighted by molar-refractivity contribution is -0.0755. The van der Waals surface area contributed by atoms with Gasteiger partial charge in [-0.15, -0.1) is 0 Å². The van der Waals surface area contributed by atoms with Gasteiger partial charge >= 0.3 is 0 Å². The normalized spacial score (nSPS) is 16.5. The summed E-state index contributed by atoms with van der Waals surface area (Å²) >= 11 is 6.19. The fraction of sp³-hybridized carbons (Fsp3) is 0.438. The Bertz CT molecular complexity index is 625. The highest BCUT2D eigenvalue weighted by Crippen LogP contribution is 2.24. The van der Waals surface area contributed by atoms with Crippen molar-refractivity contribution in [2.45, 2.75) is 24.9 Å². The van der Waals surface area contributed by atoms with Crippen molar-refractivity contribution in [3.05, 3.63) is 52.4 Å². The topological polar surface area (TPSA) is 67.5 Å². The summed E-state index contributed by atoms with van der Waals surface area (Å²) in [6.07, 6.45) is 1.22. The van der Waals surface area contributed by atoms with E-state index < -0.39 is 0 Å². The first-order valence-electron chi connectivity index (χ1n) is 7.32. The monoisotopic (exact) mass is 322 g/mol. The Labute approximate surface area is 134 Å². The Kier molecular flexibility index (Phi) is 4.78. The van der Waals surface area contributed by atoms with E-state index in [4.69, 9.17) is 26.0 Å². The quantitative estimate of drug-likeness (QED) is 0.815. The highest BCUT2D eigenvalue weighted by molar-refractivity contribution is 6.31. The molecule has 1 saturated heterocycles. The number of hydrogen-bond acceptors (Lipinski definition) is 5. The summed E-state index contributed by atoms with van der Waals surface area (Å²) in [7, 11) is 0. The van der Waals surface area contributed by atoms with Gasteiger partial charge in [0.2, 0.25) is 0 Å². The molecule has 0 spiro atoms. The van der Waals surface area contributed by atoms with Crippen molar-refractivity contribution < 1.29 is 14.4 Å². The summed E-state index contributed by atoms with van der Waals surface area (Å²) in [6, 6.07) is 9.70. The average molecular weight is 323 g/mol. The molecular weight excluding hydrogens is 304 g/mol. The number of nitrogens with one attached hydrogen (secondary N) is 1. The van der Waals surface area contributed by atoms with Crippen LogP contribution in [0.15, 0.2) is 34.9 Å². The van der Waals surface area contributed by atoms with E-state index in [-0.39, 0.29) is 12.1 Å². The fourth-order valence-corrected chi connectivity index (χ4v) is 2.76. The number of halogens is 1. The van der Waals surface area contributed by atoms with Gasteiger partial charge < -0.3 is 19.7 Å². The minimum atomic E-state index is -0.132. The molecular formula is C16H19ClN2O3. The minimum Gasteiger partial charge on any atom is -0.396 e. The fourth-order valence-electron chi connectivity index (χ4n) is 2.55. The number of aliphatic hydroxyl groups is 1. The molecule has 6 heteroatoms. The molecule has 1 aromatic carbocycles. The van der Waals surface area contributed by atoms with Crippen LogP contribution in [0.4, 0.5) is 0 Å². The van der Waals surface area contributed by atoms with Crippen molar-refractivity contribution in [1.29, 1.82) is 0 Å². The maximum atomic E-state index is 8.92. The lowest BCUT2D eigenvalue weighted by atomic mass is 9.90. The number of aromatic nitrogens is 1. The van der Waals surface area contributed by atoms with Gasteiger partial charge in [0, 0.05) is 30.5 Å². The predicted molar refractivity (Wildman–Crippen MR) is 82.8 cm³/mol. The molecule has 2 heterocycles. The second-order valence-corrected chi connectivity index (χ2v) is 6.06. The third-order valence-electron chi connectivity index (χ3n) is 3.85. The first-order valence-corrected chi connectivity index (χ1v) is 7.70. The first kappa shape index (κ1) is 15.5. The van der Waals surface area contributed by atoms with Crippen LogP contribution in [-0.4, -0.2) is 35.6 Å². The summed E-state index contributed by atoms with van der Waals surface area (Å²) in [4.78, 5) is 0. The van der Waals surface area contributed by atoms with E-state index in [1.807, 2.05) is 30.3 Å². The highest BCUT2D eigenvalue weighted by atomic mass is 35.5. The Hall–Kier alpha value is -1.40. The molecule has 2 aromatic rings. The lowest BCUT2D eigenvalue weighted by Gasteiger charge is -2.42. The summed E-state index contributed by atoms with van der Waals surface area (Å²) in [5.41, 5.74) is 1.81. The number of benzene rings is 1. The van der Waals surface area contributed by atoms with Gasteiger partial charge in [-0.05, 0) is 11.6 Å². The van der Waals surface area contributed by atoms with E-state index >= 15 is 0 Å². The molecule has 5 nitrogen and oxygen atoms in total. The number of hydrogen-bond donors (Lipinski definition) is 2.